The molecule has 3 rings (SSSR count). The maximum atomic E-state index is 13.3. The van der Waals surface area contributed by atoms with Crippen LogP contribution in [-0.2, 0) is 19.1 Å². The van der Waals surface area contributed by atoms with E-state index in [1.807, 2.05) is 19.2 Å². The van der Waals surface area contributed by atoms with Crippen molar-refractivity contribution >= 4 is 11.6 Å². The molecule has 0 spiro atoms. The lowest BCUT2D eigenvalue weighted by Gasteiger charge is -2.27. The quantitative estimate of drug-likeness (QED) is 0.823. The minimum atomic E-state index is -4.54. The Bertz CT molecular complexity index is 894. The molecule has 150 valence electrons. The molecule has 0 radical (unpaired) electrons. The van der Waals surface area contributed by atoms with Crippen LogP contribution in [0.2, 0.25) is 0 Å². The van der Waals surface area contributed by atoms with Crippen molar-refractivity contribution in [2.75, 3.05) is 25.5 Å². The first kappa shape index (κ1) is 20.2. The van der Waals surface area contributed by atoms with Crippen LogP contribution in [0, 0.1) is 6.92 Å². The normalized spacial score (nSPS) is 14.5. The highest BCUT2D eigenvalue weighted by Gasteiger charge is 2.34. The number of fused-ring (bicyclic) bond motifs is 1. The van der Waals surface area contributed by atoms with Gasteiger partial charge in [-0.15, -0.1) is 0 Å². The van der Waals surface area contributed by atoms with E-state index in [4.69, 9.17) is 4.74 Å². The summed E-state index contributed by atoms with van der Waals surface area (Å²) in [7, 11) is 2.02. The summed E-state index contributed by atoms with van der Waals surface area (Å²) in [6.07, 6.45) is -3.78. The number of carbonyl (C=O) groups is 1. The molecule has 0 unspecified atom stereocenters. The molecule has 2 aromatic rings. The van der Waals surface area contributed by atoms with Gasteiger partial charge in [0.25, 0.3) is 5.91 Å². The number of aryl methyl sites for hydroxylation is 1. The molecule has 1 N–H and O–H groups in total. The van der Waals surface area contributed by atoms with Gasteiger partial charge in [-0.1, -0.05) is 12.1 Å². The average molecular weight is 392 g/mol. The van der Waals surface area contributed by atoms with Gasteiger partial charge in [-0.3, -0.25) is 4.79 Å². The number of amides is 1. The number of benzene rings is 2. The lowest BCUT2D eigenvalue weighted by molar-refractivity contribution is -0.138. The van der Waals surface area contributed by atoms with Gasteiger partial charge < -0.3 is 15.0 Å². The van der Waals surface area contributed by atoms with Crippen molar-refractivity contribution in [3.63, 3.8) is 0 Å². The number of rotatable bonds is 4. The van der Waals surface area contributed by atoms with E-state index in [9.17, 15) is 18.0 Å². The molecule has 0 aromatic heterocycles. The zero-order chi connectivity index (χ0) is 20.5. The summed E-state index contributed by atoms with van der Waals surface area (Å²) < 4.78 is 45.4. The SMILES string of the molecule is CCOc1cc(C)c(C(F)(F)F)cc1C(=O)Nc1cccc2c1CCN(C)C2. The zero-order valence-corrected chi connectivity index (χ0v) is 16.1. The number of nitrogens with zero attached hydrogens (tertiary/aromatic N) is 1. The molecule has 0 bridgehead atoms. The number of carbonyl (C=O) groups excluding carboxylic acids is 1. The Morgan fingerprint density at radius 3 is 2.71 bits per heavy atom. The van der Waals surface area contributed by atoms with Gasteiger partial charge in [-0.25, -0.2) is 0 Å². The van der Waals surface area contributed by atoms with Gasteiger partial charge in [0.05, 0.1) is 17.7 Å². The van der Waals surface area contributed by atoms with Crippen molar-refractivity contribution in [2.24, 2.45) is 0 Å². The fourth-order valence-electron chi connectivity index (χ4n) is 3.50. The Morgan fingerprint density at radius 2 is 2.04 bits per heavy atom. The molecule has 1 aliphatic rings. The number of halogens is 3. The average Bonchev–Trinajstić information content (AvgIpc) is 2.60. The van der Waals surface area contributed by atoms with Crippen LogP contribution in [0.1, 0.15) is 39.5 Å². The van der Waals surface area contributed by atoms with Crippen LogP contribution >= 0.6 is 0 Å². The van der Waals surface area contributed by atoms with Crippen LogP contribution in [0.5, 0.6) is 5.75 Å². The van der Waals surface area contributed by atoms with Crippen LogP contribution in [0.4, 0.5) is 18.9 Å². The monoisotopic (exact) mass is 392 g/mol. The van der Waals surface area contributed by atoms with E-state index in [1.54, 1.807) is 13.0 Å². The molecule has 28 heavy (non-hydrogen) atoms. The molecule has 1 heterocycles. The van der Waals surface area contributed by atoms with E-state index in [0.29, 0.717) is 5.69 Å². The highest BCUT2D eigenvalue weighted by atomic mass is 19.4. The van der Waals surface area contributed by atoms with Gasteiger partial charge in [0.1, 0.15) is 5.75 Å². The summed E-state index contributed by atoms with van der Waals surface area (Å²) in [5.41, 5.74) is 1.83. The predicted molar refractivity (Wildman–Crippen MR) is 102 cm³/mol. The Labute approximate surface area is 162 Å². The molecule has 2 aromatic carbocycles. The first-order valence-electron chi connectivity index (χ1n) is 9.16. The van der Waals surface area contributed by atoms with Gasteiger partial charge in [-0.05, 0) is 62.2 Å². The second-order valence-electron chi connectivity index (χ2n) is 6.98. The van der Waals surface area contributed by atoms with Crippen molar-refractivity contribution in [1.29, 1.82) is 0 Å². The van der Waals surface area contributed by atoms with Gasteiger partial charge >= 0.3 is 6.18 Å². The van der Waals surface area contributed by atoms with Crippen molar-refractivity contribution in [3.8, 4) is 5.75 Å². The second kappa shape index (κ2) is 7.83. The molecule has 1 aliphatic heterocycles. The number of hydrogen-bond donors (Lipinski definition) is 1. The van der Waals surface area contributed by atoms with E-state index in [1.165, 1.54) is 13.0 Å². The van der Waals surface area contributed by atoms with Gasteiger partial charge in [0.15, 0.2) is 0 Å². The molecule has 1 amide bonds. The number of nitrogens with one attached hydrogen (secondary N) is 1. The number of likely N-dealkylation sites (N-methyl/N-ethyl adjacent to an activating group) is 1. The third kappa shape index (κ3) is 4.14. The topological polar surface area (TPSA) is 41.6 Å². The molecule has 0 saturated carbocycles. The lowest BCUT2D eigenvalue weighted by atomic mass is 9.97. The van der Waals surface area contributed by atoms with Crippen LogP contribution in [-0.4, -0.2) is 31.0 Å². The van der Waals surface area contributed by atoms with E-state index in [0.717, 1.165) is 36.7 Å². The largest absolute Gasteiger partial charge is 0.493 e. The van der Waals surface area contributed by atoms with E-state index < -0.39 is 17.6 Å². The van der Waals surface area contributed by atoms with Crippen molar-refractivity contribution in [1.82, 2.24) is 4.90 Å². The highest BCUT2D eigenvalue weighted by Crippen LogP contribution is 2.36. The van der Waals surface area contributed by atoms with Crippen LogP contribution in [0.3, 0.4) is 0 Å². The predicted octanol–water partition coefficient (Wildman–Crippen LogP) is 4.65. The van der Waals surface area contributed by atoms with Crippen molar-refractivity contribution < 1.29 is 22.7 Å². The Hall–Kier alpha value is -2.54. The van der Waals surface area contributed by atoms with E-state index >= 15 is 0 Å². The first-order chi connectivity index (χ1) is 13.2. The molecule has 7 heteroatoms. The van der Waals surface area contributed by atoms with Crippen LogP contribution < -0.4 is 10.1 Å². The number of ether oxygens (including phenoxy) is 1. The number of alkyl halides is 3. The maximum Gasteiger partial charge on any atom is 0.416 e. The maximum absolute atomic E-state index is 13.3. The second-order valence-corrected chi connectivity index (χ2v) is 6.98. The van der Waals surface area contributed by atoms with Crippen LogP contribution in [0.15, 0.2) is 30.3 Å². The van der Waals surface area contributed by atoms with Gasteiger partial charge in [-0.2, -0.15) is 13.2 Å². The molecule has 0 saturated heterocycles. The molecule has 0 atom stereocenters. The minimum Gasteiger partial charge on any atom is -0.493 e. The smallest absolute Gasteiger partial charge is 0.416 e. The standard InChI is InChI=1S/C21H23F3N2O2/c1-4-28-19-10-13(2)17(21(22,23)24)11-16(19)20(27)25-18-7-5-6-14-12-26(3)9-8-15(14)18/h5-7,10-11H,4,8-9,12H2,1-3H3,(H,25,27). The lowest BCUT2D eigenvalue weighted by Crippen LogP contribution is -2.27. The van der Waals surface area contributed by atoms with E-state index in [-0.39, 0.29) is 23.5 Å². The van der Waals surface area contributed by atoms with E-state index in [2.05, 4.69) is 10.2 Å². The summed E-state index contributed by atoms with van der Waals surface area (Å²) in [5, 5.41) is 2.79. The number of hydrogen-bond acceptors (Lipinski definition) is 3. The van der Waals surface area contributed by atoms with Crippen molar-refractivity contribution in [2.45, 2.75) is 33.0 Å². The van der Waals surface area contributed by atoms with Crippen molar-refractivity contribution in [3.05, 3.63) is 58.1 Å². The fourth-order valence-corrected chi connectivity index (χ4v) is 3.50. The molecular weight excluding hydrogens is 369 g/mol. The number of anilines is 1. The van der Waals surface area contributed by atoms with Crippen LogP contribution in [0.25, 0.3) is 0 Å². The summed E-state index contributed by atoms with van der Waals surface area (Å²) in [6.45, 7) is 4.95. The zero-order valence-electron chi connectivity index (χ0n) is 16.1. The molecule has 4 nitrogen and oxygen atoms in total. The van der Waals surface area contributed by atoms with Gasteiger partial charge in [0.2, 0.25) is 0 Å². The van der Waals surface area contributed by atoms with Gasteiger partial charge in [0, 0.05) is 18.8 Å². The minimum absolute atomic E-state index is 0.0210. The Kier molecular flexibility index (Phi) is 5.65. The summed E-state index contributed by atoms with van der Waals surface area (Å²) in [6, 6.07) is 7.77. The molecule has 0 aliphatic carbocycles. The third-order valence-corrected chi connectivity index (χ3v) is 4.88. The fraction of sp³-hybridized carbons (Fsp3) is 0.381. The third-order valence-electron chi connectivity index (χ3n) is 4.88. The summed E-state index contributed by atoms with van der Waals surface area (Å²) in [5.74, 6) is -0.462. The molecule has 0 fully saturated rings. The Balaban J connectivity index is 1.98. The Morgan fingerprint density at radius 1 is 1.29 bits per heavy atom. The highest BCUT2D eigenvalue weighted by molar-refractivity contribution is 6.07. The molecular formula is C21H23F3N2O2. The summed E-state index contributed by atoms with van der Waals surface area (Å²) in [4.78, 5) is 15.1. The summed E-state index contributed by atoms with van der Waals surface area (Å²) >= 11 is 0. The first-order valence-corrected chi connectivity index (χ1v) is 9.16.